The van der Waals surface area contributed by atoms with Gasteiger partial charge in [-0.25, -0.2) is 0 Å². The van der Waals surface area contributed by atoms with Crippen LogP contribution in [0.4, 0.5) is 0 Å². The van der Waals surface area contributed by atoms with Gasteiger partial charge in [0.15, 0.2) is 0 Å². The van der Waals surface area contributed by atoms with Crippen molar-refractivity contribution in [1.82, 2.24) is 4.90 Å². The van der Waals surface area contributed by atoms with Crippen LogP contribution in [0.5, 0.6) is 0 Å². The largest absolute Gasteiger partial charge is 0.385 e. The van der Waals surface area contributed by atoms with Gasteiger partial charge in [0.1, 0.15) is 5.82 Å². The number of nitrogens with zero attached hydrogens (tertiary/aromatic N) is 1. The molecule has 2 heteroatoms. The van der Waals surface area contributed by atoms with Crippen molar-refractivity contribution in [1.29, 1.82) is 0 Å². The molecular formula is C8H12N2. The quantitative estimate of drug-likeness (QED) is 0.542. The Morgan fingerprint density at radius 1 is 1.40 bits per heavy atom. The topological polar surface area (TPSA) is 29.3 Å². The lowest BCUT2D eigenvalue weighted by Crippen LogP contribution is -2.18. The lowest BCUT2D eigenvalue weighted by Gasteiger charge is -2.13. The van der Waals surface area contributed by atoms with E-state index >= 15 is 0 Å². The molecule has 1 rings (SSSR count). The highest BCUT2D eigenvalue weighted by molar-refractivity contribution is 5.27. The summed E-state index contributed by atoms with van der Waals surface area (Å²) in [6.07, 6.45) is 7.87. The summed E-state index contributed by atoms with van der Waals surface area (Å²) in [4.78, 5) is 1.90. The molecule has 0 aliphatic carbocycles. The van der Waals surface area contributed by atoms with E-state index in [0.717, 1.165) is 11.4 Å². The van der Waals surface area contributed by atoms with E-state index in [2.05, 4.69) is 0 Å². The van der Waals surface area contributed by atoms with Crippen molar-refractivity contribution >= 4 is 0 Å². The Hall–Kier alpha value is -1.18. The molecule has 0 bridgehead atoms. The molecule has 0 atom stereocenters. The predicted octanol–water partition coefficient (Wildman–Crippen LogP) is 1.19. The van der Waals surface area contributed by atoms with Crippen LogP contribution < -0.4 is 5.73 Å². The normalized spacial score (nSPS) is 18.0. The standard InChI is InChI=1S/C8H12N2/c1-7-5-3-4-6-10(2)8(7)9/h3-6H,9H2,1-2H3. The van der Waals surface area contributed by atoms with Crippen LogP contribution in [0.1, 0.15) is 6.92 Å². The number of nitrogens with two attached hydrogens (primary N) is 1. The molecule has 1 aliphatic heterocycles. The Balaban J connectivity index is 2.96. The Kier molecular flexibility index (Phi) is 1.81. The summed E-state index contributed by atoms with van der Waals surface area (Å²) in [5, 5.41) is 0. The smallest absolute Gasteiger partial charge is 0.105 e. The van der Waals surface area contributed by atoms with Crippen molar-refractivity contribution in [2.24, 2.45) is 5.73 Å². The van der Waals surface area contributed by atoms with E-state index in [1.165, 1.54) is 0 Å². The molecule has 0 unspecified atom stereocenters. The first-order chi connectivity index (χ1) is 4.72. The zero-order chi connectivity index (χ0) is 7.56. The van der Waals surface area contributed by atoms with E-state index in [1.807, 2.05) is 43.3 Å². The maximum atomic E-state index is 5.72. The lowest BCUT2D eigenvalue weighted by atomic mass is 10.3. The minimum absolute atomic E-state index is 0.810. The van der Waals surface area contributed by atoms with Crippen LogP contribution in [0, 0.1) is 0 Å². The third-order valence-corrected chi connectivity index (χ3v) is 1.55. The second-order valence-electron chi connectivity index (χ2n) is 2.38. The fraction of sp³-hybridized carbons (Fsp3) is 0.250. The molecule has 1 heterocycles. The van der Waals surface area contributed by atoms with Gasteiger partial charge in [-0.05, 0) is 18.6 Å². The van der Waals surface area contributed by atoms with Crippen LogP contribution >= 0.6 is 0 Å². The van der Waals surface area contributed by atoms with Gasteiger partial charge in [0.25, 0.3) is 0 Å². The molecule has 0 spiro atoms. The number of hydrogen-bond acceptors (Lipinski definition) is 2. The maximum Gasteiger partial charge on any atom is 0.105 e. The Morgan fingerprint density at radius 2 is 2.10 bits per heavy atom. The molecular weight excluding hydrogens is 124 g/mol. The first kappa shape index (κ1) is 6.93. The monoisotopic (exact) mass is 136 g/mol. The van der Waals surface area contributed by atoms with Crippen LogP contribution in [-0.2, 0) is 0 Å². The van der Waals surface area contributed by atoms with Crippen molar-refractivity contribution in [3.05, 3.63) is 35.8 Å². The highest BCUT2D eigenvalue weighted by atomic mass is 15.2. The molecule has 0 fully saturated rings. The molecule has 0 radical (unpaired) electrons. The van der Waals surface area contributed by atoms with Gasteiger partial charge in [-0.2, -0.15) is 0 Å². The van der Waals surface area contributed by atoms with E-state index < -0.39 is 0 Å². The van der Waals surface area contributed by atoms with Gasteiger partial charge in [0.2, 0.25) is 0 Å². The average molecular weight is 136 g/mol. The zero-order valence-corrected chi connectivity index (χ0v) is 6.33. The fourth-order valence-electron chi connectivity index (χ4n) is 0.823. The molecule has 2 nitrogen and oxygen atoms in total. The van der Waals surface area contributed by atoms with Crippen LogP contribution in [0.2, 0.25) is 0 Å². The third-order valence-electron chi connectivity index (χ3n) is 1.55. The summed E-state index contributed by atoms with van der Waals surface area (Å²) in [6, 6.07) is 0. The predicted molar refractivity (Wildman–Crippen MR) is 42.9 cm³/mol. The highest BCUT2D eigenvalue weighted by Gasteiger charge is 1.99. The number of hydrogen-bond donors (Lipinski definition) is 1. The van der Waals surface area contributed by atoms with Crippen LogP contribution in [0.3, 0.4) is 0 Å². The number of rotatable bonds is 0. The van der Waals surface area contributed by atoms with Gasteiger partial charge in [0, 0.05) is 13.2 Å². The van der Waals surface area contributed by atoms with Crippen LogP contribution in [0.15, 0.2) is 35.8 Å². The molecule has 0 saturated heterocycles. The van der Waals surface area contributed by atoms with E-state index in [-0.39, 0.29) is 0 Å². The Labute approximate surface area is 61.3 Å². The minimum atomic E-state index is 0.810. The molecule has 0 amide bonds. The van der Waals surface area contributed by atoms with Gasteiger partial charge >= 0.3 is 0 Å². The molecule has 0 aromatic heterocycles. The van der Waals surface area contributed by atoms with E-state index in [0.29, 0.717) is 0 Å². The molecule has 1 aliphatic rings. The molecule has 2 N–H and O–H groups in total. The highest BCUT2D eigenvalue weighted by Crippen LogP contribution is 2.07. The maximum absolute atomic E-state index is 5.72. The summed E-state index contributed by atoms with van der Waals surface area (Å²) in [5.41, 5.74) is 6.83. The summed E-state index contributed by atoms with van der Waals surface area (Å²) in [5.74, 6) is 0.810. The molecule has 0 aromatic carbocycles. The zero-order valence-electron chi connectivity index (χ0n) is 6.33. The van der Waals surface area contributed by atoms with E-state index in [9.17, 15) is 0 Å². The van der Waals surface area contributed by atoms with Crippen molar-refractivity contribution in [3.63, 3.8) is 0 Å². The molecule has 54 valence electrons. The SMILES string of the molecule is CC1=C(N)N(C)C=CC=C1. The minimum Gasteiger partial charge on any atom is -0.385 e. The van der Waals surface area contributed by atoms with Crippen LogP contribution in [0.25, 0.3) is 0 Å². The van der Waals surface area contributed by atoms with Crippen molar-refractivity contribution < 1.29 is 0 Å². The van der Waals surface area contributed by atoms with Gasteiger partial charge in [-0.3, -0.25) is 0 Å². The second kappa shape index (κ2) is 2.60. The van der Waals surface area contributed by atoms with Crippen molar-refractivity contribution in [3.8, 4) is 0 Å². The first-order valence-corrected chi connectivity index (χ1v) is 3.26. The molecule has 0 saturated carbocycles. The second-order valence-corrected chi connectivity index (χ2v) is 2.38. The Bertz CT molecular complexity index is 211. The first-order valence-electron chi connectivity index (χ1n) is 3.26. The van der Waals surface area contributed by atoms with Gasteiger partial charge in [0.05, 0.1) is 0 Å². The van der Waals surface area contributed by atoms with Crippen molar-refractivity contribution in [2.75, 3.05) is 7.05 Å². The molecule has 10 heavy (non-hydrogen) atoms. The summed E-state index contributed by atoms with van der Waals surface area (Å²) < 4.78 is 0. The molecule has 0 aromatic rings. The summed E-state index contributed by atoms with van der Waals surface area (Å²) in [7, 11) is 1.93. The number of allylic oxidation sites excluding steroid dienone is 4. The lowest BCUT2D eigenvalue weighted by molar-refractivity contribution is 0.557. The van der Waals surface area contributed by atoms with E-state index in [4.69, 9.17) is 5.73 Å². The third kappa shape index (κ3) is 1.21. The van der Waals surface area contributed by atoms with Crippen molar-refractivity contribution in [2.45, 2.75) is 6.92 Å². The fourth-order valence-corrected chi connectivity index (χ4v) is 0.823. The summed E-state index contributed by atoms with van der Waals surface area (Å²) in [6.45, 7) is 2.00. The van der Waals surface area contributed by atoms with Gasteiger partial charge in [-0.1, -0.05) is 12.2 Å². The van der Waals surface area contributed by atoms with Gasteiger partial charge in [-0.15, -0.1) is 0 Å². The van der Waals surface area contributed by atoms with E-state index in [1.54, 1.807) is 0 Å². The van der Waals surface area contributed by atoms with Gasteiger partial charge < -0.3 is 10.6 Å². The van der Waals surface area contributed by atoms with Crippen LogP contribution in [-0.4, -0.2) is 11.9 Å². The Morgan fingerprint density at radius 3 is 2.80 bits per heavy atom. The summed E-state index contributed by atoms with van der Waals surface area (Å²) >= 11 is 0. The average Bonchev–Trinajstić information content (AvgIpc) is 2.04.